The summed E-state index contributed by atoms with van der Waals surface area (Å²) >= 11 is 3.43. The van der Waals surface area contributed by atoms with Crippen molar-refractivity contribution in [3.63, 3.8) is 0 Å². The highest BCUT2D eigenvalue weighted by atomic mass is 79.9. The van der Waals surface area contributed by atoms with Crippen molar-refractivity contribution in [1.82, 2.24) is 24.5 Å². The van der Waals surface area contributed by atoms with Crippen LogP contribution in [0.2, 0.25) is 0 Å². The van der Waals surface area contributed by atoms with Crippen LogP contribution in [0.15, 0.2) is 35.3 Å². The van der Waals surface area contributed by atoms with E-state index in [9.17, 15) is 0 Å². The molecule has 0 aromatic carbocycles. The molecule has 0 atom stereocenters. The van der Waals surface area contributed by atoms with E-state index in [2.05, 4.69) is 40.4 Å². The lowest BCUT2D eigenvalue weighted by atomic mass is 10.4. The zero-order valence-corrected chi connectivity index (χ0v) is 11.3. The summed E-state index contributed by atoms with van der Waals surface area (Å²) in [4.78, 5) is 17.1. The molecule has 5 nitrogen and oxygen atoms in total. The van der Waals surface area contributed by atoms with Gasteiger partial charge in [-0.15, -0.1) is 0 Å². The molecule has 3 aromatic rings. The highest BCUT2D eigenvalue weighted by Gasteiger charge is 2.09. The van der Waals surface area contributed by atoms with Crippen molar-refractivity contribution in [3.05, 3.63) is 46.8 Å². The quantitative estimate of drug-likeness (QED) is 0.729. The zero-order valence-electron chi connectivity index (χ0n) is 9.71. The largest absolute Gasteiger partial charge is 0.321 e. The summed E-state index contributed by atoms with van der Waals surface area (Å²) in [7, 11) is 0. The Kier molecular flexibility index (Phi) is 2.79. The maximum Gasteiger partial charge on any atom is 0.177 e. The van der Waals surface area contributed by atoms with Gasteiger partial charge in [0.05, 0.1) is 24.0 Å². The van der Waals surface area contributed by atoms with E-state index in [0.717, 1.165) is 27.2 Å². The molecule has 3 aromatic heterocycles. The van der Waals surface area contributed by atoms with Crippen molar-refractivity contribution in [3.8, 4) is 0 Å². The number of hydrogen-bond donors (Lipinski definition) is 0. The first-order valence-electron chi connectivity index (χ1n) is 5.47. The van der Waals surface area contributed by atoms with E-state index in [0.29, 0.717) is 6.54 Å². The molecule has 90 valence electrons. The van der Waals surface area contributed by atoms with Gasteiger partial charge in [0.2, 0.25) is 0 Å². The van der Waals surface area contributed by atoms with E-state index >= 15 is 0 Å². The minimum Gasteiger partial charge on any atom is -0.321 e. The second kappa shape index (κ2) is 4.45. The summed E-state index contributed by atoms with van der Waals surface area (Å²) in [5, 5.41) is 0. The number of aromatic nitrogens is 5. The van der Waals surface area contributed by atoms with Crippen molar-refractivity contribution in [2.24, 2.45) is 0 Å². The Morgan fingerprint density at radius 3 is 2.89 bits per heavy atom. The van der Waals surface area contributed by atoms with Crippen molar-refractivity contribution in [2.45, 2.75) is 13.5 Å². The molecule has 0 spiro atoms. The van der Waals surface area contributed by atoms with Crippen LogP contribution in [-0.4, -0.2) is 24.5 Å². The van der Waals surface area contributed by atoms with Gasteiger partial charge in [-0.1, -0.05) is 0 Å². The lowest BCUT2D eigenvalue weighted by molar-refractivity contribution is 0.759. The summed E-state index contributed by atoms with van der Waals surface area (Å²) in [5.74, 6) is 0.918. The number of pyridine rings is 1. The molecule has 0 amide bonds. The summed E-state index contributed by atoms with van der Waals surface area (Å²) < 4.78 is 3.02. The van der Waals surface area contributed by atoms with Gasteiger partial charge in [-0.25, -0.2) is 9.97 Å². The number of hydrogen-bond acceptors (Lipinski definition) is 4. The summed E-state index contributed by atoms with van der Waals surface area (Å²) in [6.07, 6.45) is 6.87. The minimum absolute atomic E-state index is 0.647. The Balaban J connectivity index is 2.11. The van der Waals surface area contributed by atoms with Crippen molar-refractivity contribution in [2.75, 3.05) is 0 Å². The molecular weight excluding hydrogens is 294 g/mol. The monoisotopic (exact) mass is 303 g/mol. The lowest BCUT2D eigenvalue weighted by Crippen LogP contribution is -2.04. The number of halogens is 1. The first-order valence-corrected chi connectivity index (χ1v) is 6.26. The summed E-state index contributed by atoms with van der Waals surface area (Å²) in [6, 6.07) is 2.01. The van der Waals surface area contributed by atoms with Crippen LogP contribution in [0, 0.1) is 6.92 Å². The molecule has 3 heterocycles. The van der Waals surface area contributed by atoms with Gasteiger partial charge in [0.15, 0.2) is 5.65 Å². The van der Waals surface area contributed by atoms with Crippen LogP contribution in [0.25, 0.3) is 11.2 Å². The molecule has 0 radical (unpaired) electrons. The third kappa shape index (κ3) is 1.99. The molecular formula is C12H10BrN5. The summed E-state index contributed by atoms with van der Waals surface area (Å²) in [5.41, 5.74) is 2.65. The van der Waals surface area contributed by atoms with Crippen LogP contribution in [0.1, 0.15) is 11.5 Å². The van der Waals surface area contributed by atoms with E-state index < -0.39 is 0 Å². The van der Waals surface area contributed by atoms with Crippen LogP contribution in [0.3, 0.4) is 0 Å². The van der Waals surface area contributed by atoms with Crippen molar-refractivity contribution >= 4 is 27.1 Å². The smallest absolute Gasteiger partial charge is 0.177 e. The first kappa shape index (κ1) is 11.3. The Bertz CT molecular complexity index is 692. The van der Waals surface area contributed by atoms with Crippen molar-refractivity contribution < 1.29 is 0 Å². The van der Waals surface area contributed by atoms with Crippen LogP contribution < -0.4 is 0 Å². The van der Waals surface area contributed by atoms with Gasteiger partial charge in [-0.3, -0.25) is 9.97 Å². The minimum atomic E-state index is 0.647. The average molecular weight is 304 g/mol. The Labute approximate surface area is 112 Å². The van der Waals surface area contributed by atoms with E-state index in [1.165, 1.54) is 0 Å². The number of nitrogens with zero attached hydrogens (tertiary/aromatic N) is 5. The van der Waals surface area contributed by atoms with E-state index in [1.807, 2.05) is 13.0 Å². The molecule has 3 rings (SSSR count). The molecule has 0 bridgehead atoms. The Morgan fingerprint density at radius 2 is 2.11 bits per heavy atom. The average Bonchev–Trinajstić information content (AvgIpc) is 2.67. The molecule has 0 aliphatic rings. The Hall–Kier alpha value is -1.82. The predicted molar refractivity (Wildman–Crippen MR) is 71.1 cm³/mol. The standard InChI is InChI=1S/C12H10BrN5/c1-8-17-12-11(4-9(13)5-16-12)18(8)7-10-6-14-2-3-15-10/h2-6H,7H2,1H3. The van der Waals surface area contributed by atoms with Crippen molar-refractivity contribution in [1.29, 1.82) is 0 Å². The lowest BCUT2D eigenvalue weighted by Gasteiger charge is -2.05. The SMILES string of the molecule is Cc1nc2ncc(Br)cc2n1Cc1cnccn1. The highest BCUT2D eigenvalue weighted by molar-refractivity contribution is 9.10. The molecule has 18 heavy (non-hydrogen) atoms. The maximum absolute atomic E-state index is 4.43. The van der Waals surface area contributed by atoms with Gasteiger partial charge < -0.3 is 4.57 Å². The maximum atomic E-state index is 4.43. The molecule has 0 N–H and O–H groups in total. The fraction of sp³-hybridized carbons (Fsp3) is 0.167. The number of aryl methyl sites for hydroxylation is 1. The third-order valence-corrected chi connectivity index (χ3v) is 3.13. The van der Waals surface area contributed by atoms with Gasteiger partial charge in [0.1, 0.15) is 5.82 Å². The fourth-order valence-electron chi connectivity index (χ4n) is 1.87. The van der Waals surface area contributed by atoms with E-state index in [4.69, 9.17) is 0 Å². The second-order valence-corrected chi connectivity index (χ2v) is 4.85. The van der Waals surface area contributed by atoms with Gasteiger partial charge in [-0.2, -0.15) is 0 Å². The normalized spacial score (nSPS) is 11.0. The topological polar surface area (TPSA) is 56.5 Å². The number of fused-ring (bicyclic) bond motifs is 1. The zero-order chi connectivity index (χ0) is 12.5. The van der Waals surface area contributed by atoms with E-state index in [1.54, 1.807) is 24.8 Å². The van der Waals surface area contributed by atoms with Crippen LogP contribution in [0.5, 0.6) is 0 Å². The molecule has 0 saturated heterocycles. The molecule has 0 fully saturated rings. The summed E-state index contributed by atoms with van der Waals surface area (Å²) in [6.45, 7) is 2.61. The first-order chi connectivity index (χ1) is 8.74. The van der Waals surface area contributed by atoms with Crippen LogP contribution in [-0.2, 0) is 6.54 Å². The molecule has 6 heteroatoms. The Morgan fingerprint density at radius 1 is 1.22 bits per heavy atom. The second-order valence-electron chi connectivity index (χ2n) is 3.94. The predicted octanol–water partition coefficient (Wildman–Crippen LogP) is 2.34. The van der Waals surface area contributed by atoms with Gasteiger partial charge in [0, 0.05) is 23.1 Å². The third-order valence-electron chi connectivity index (χ3n) is 2.70. The van der Waals surface area contributed by atoms with Crippen LogP contribution >= 0.6 is 15.9 Å². The molecule has 0 aliphatic heterocycles. The molecule has 0 unspecified atom stereocenters. The number of imidazole rings is 1. The molecule has 0 saturated carbocycles. The van der Waals surface area contributed by atoms with E-state index in [-0.39, 0.29) is 0 Å². The van der Waals surface area contributed by atoms with Gasteiger partial charge in [0.25, 0.3) is 0 Å². The number of rotatable bonds is 2. The van der Waals surface area contributed by atoms with Gasteiger partial charge in [-0.05, 0) is 28.9 Å². The molecule has 0 aliphatic carbocycles. The highest BCUT2D eigenvalue weighted by Crippen LogP contribution is 2.19. The van der Waals surface area contributed by atoms with Gasteiger partial charge >= 0.3 is 0 Å². The van der Waals surface area contributed by atoms with Crippen LogP contribution in [0.4, 0.5) is 0 Å². The fourth-order valence-corrected chi connectivity index (χ4v) is 2.19.